The molecule has 1 aromatic heterocycles. The number of guanidine groups is 1. The number of rotatable bonds is 4. The van der Waals surface area contributed by atoms with Gasteiger partial charge in [0.25, 0.3) is 5.91 Å². The molecule has 9 heteroatoms. The number of aryl methyl sites for hydroxylation is 1. The molecule has 4 rings (SSSR count). The fourth-order valence-corrected chi connectivity index (χ4v) is 4.22. The summed E-state index contributed by atoms with van der Waals surface area (Å²) in [5.41, 5.74) is 5.29. The summed E-state index contributed by atoms with van der Waals surface area (Å²) < 4.78 is 4.62. The summed E-state index contributed by atoms with van der Waals surface area (Å²) in [6.07, 6.45) is 6.43. The molecular weight excluding hydrogens is 432 g/mol. The molecule has 2 amide bonds. The SMILES string of the molecule is COC(=O)NC1=NCC(c2ccc(NC(=O)c3ncc(C)[nH]3)c(C3=CCC(C)(C)CC3)c2)CN1. The summed E-state index contributed by atoms with van der Waals surface area (Å²) in [7, 11) is 1.32. The molecule has 4 N–H and O–H groups in total. The summed E-state index contributed by atoms with van der Waals surface area (Å²) >= 11 is 0. The number of amides is 2. The molecule has 2 aromatic rings. The van der Waals surface area contributed by atoms with E-state index in [1.54, 1.807) is 6.20 Å². The first-order valence-corrected chi connectivity index (χ1v) is 11.5. The number of carbonyl (C=O) groups is 2. The van der Waals surface area contributed by atoms with Gasteiger partial charge in [0.1, 0.15) is 0 Å². The number of methoxy groups -OCH3 is 1. The number of carbonyl (C=O) groups excluding carboxylic acids is 2. The van der Waals surface area contributed by atoms with Gasteiger partial charge in [-0.1, -0.05) is 26.0 Å². The smallest absolute Gasteiger partial charge is 0.413 e. The third-order valence-electron chi connectivity index (χ3n) is 6.39. The predicted molar refractivity (Wildman–Crippen MR) is 132 cm³/mol. The fourth-order valence-electron chi connectivity index (χ4n) is 4.22. The second-order valence-electron chi connectivity index (χ2n) is 9.66. The van der Waals surface area contributed by atoms with Crippen LogP contribution in [-0.2, 0) is 4.74 Å². The number of nitrogens with zero attached hydrogens (tertiary/aromatic N) is 2. The molecule has 34 heavy (non-hydrogen) atoms. The average molecular weight is 465 g/mol. The van der Waals surface area contributed by atoms with Crippen LogP contribution >= 0.6 is 0 Å². The number of anilines is 1. The number of aromatic amines is 1. The maximum Gasteiger partial charge on any atom is 0.413 e. The Hall–Kier alpha value is -3.62. The number of aliphatic imine (C=N–C) groups is 1. The van der Waals surface area contributed by atoms with E-state index in [9.17, 15) is 9.59 Å². The first-order chi connectivity index (χ1) is 16.2. The van der Waals surface area contributed by atoms with Crippen LogP contribution in [0.1, 0.15) is 66.5 Å². The van der Waals surface area contributed by atoms with Gasteiger partial charge in [-0.3, -0.25) is 15.1 Å². The number of allylic oxidation sites excluding steroid dienone is 2. The molecule has 0 saturated heterocycles. The van der Waals surface area contributed by atoms with E-state index >= 15 is 0 Å². The van der Waals surface area contributed by atoms with Gasteiger partial charge in [0.2, 0.25) is 5.96 Å². The van der Waals surface area contributed by atoms with Crippen molar-refractivity contribution < 1.29 is 14.3 Å². The van der Waals surface area contributed by atoms with Gasteiger partial charge in [-0.05, 0) is 54.9 Å². The van der Waals surface area contributed by atoms with Gasteiger partial charge in [0.05, 0.1) is 13.7 Å². The topological polar surface area (TPSA) is 120 Å². The van der Waals surface area contributed by atoms with Crippen molar-refractivity contribution in [3.63, 3.8) is 0 Å². The van der Waals surface area contributed by atoms with E-state index in [4.69, 9.17) is 0 Å². The largest absolute Gasteiger partial charge is 0.453 e. The lowest BCUT2D eigenvalue weighted by Crippen LogP contribution is -2.45. The zero-order valence-electron chi connectivity index (χ0n) is 20.1. The Morgan fingerprint density at radius 1 is 1.24 bits per heavy atom. The van der Waals surface area contributed by atoms with Crippen molar-refractivity contribution in [3.8, 4) is 0 Å². The number of hydrogen-bond donors (Lipinski definition) is 4. The molecule has 9 nitrogen and oxygen atoms in total. The second-order valence-corrected chi connectivity index (χ2v) is 9.66. The Labute approximate surface area is 199 Å². The molecule has 1 atom stereocenters. The van der Waals surface area contributed by atoms with E-state index < -0.39 is 6.09 Å². The molecule has 0 bridgehead atoms. The molecule has 1 aliphatic carbocycles. The van der Waals surface area contributed by atoms with Crippen LogP contribution in [0.2, 0.25) is 0 Å². The second kappa shape index (κ2) is 9.70. The number of nitrogens with one attached hydrogen (secondary N) is 4. The van der Waals surface area contributed by atoms with E-state index in [2.05, 4.69) is 61.6 Å². The van der Waals surface area contributed by atoms with Gasteiger partial charge < -0.3 is 20.4 Å². The van der Waals surface area contributed by atoms with Gasteiger partial charge in [-0.15, -0.1) is 0 Å². The monoisotopic (exact) mass is 464 g/mol. The van der Waals surface area contributed by atoms with Crippen LogP contribution < -0.4 is 16.0 Å². The number of alkyl carbamates (subject to hydrolysis) is 1. The summed E-state index contributed by atoms with van der Waals surface area (Å²) in [6, 6.07) is 6.15. The van der Waals surface area contributed by atoms with Crippen LogP contribution in [0.3, 0.4) is 0 Å². The number of imidazole rings is 1. The molecule has 0 fully saturated rings. The Kier molecular flexibility index (Phi) is 6.72. The Morgan fingerprint density at radius 3 is 2.68 bits per heavy atom. The minimum atomic E-state index is -0.550. The Bertz CT molecular complexity index is 1150. The van der Waals surface area contributed by atoms with Crippen LogP contribution in [-0.4, -0.2) is 48.1 Å². The highest BCUT2D eigenvalue weighted by Crippen LogP contribution is 2.40. The number of aromatic nitrogens is 2. The van der Waals surface area contributed by atoms with Gasteiger partial charge >= 0.3 is 6.09 Å². The van der Waals surface area contributed by atoms with Gasteiger partial charge in [-0.2, -0.15) is 0 Å². The van der Waals surface area contributed by atoms with Crippen LogP contribution in [0.25, 0.3) is 5.57 Å². The van der Waals surface area contributed by atoms with Gasteiger partial charge in [0.15, 0.2) is 5.82 Å². The fraction of sp³-hybridized carbons (Fsp3) is 0.440. The van der Waals surface area contributed by atoms with Crippen LogP contribution in [0, 0.1) is 12.3 Å². The van der Waals surface area contributed by atoms with Crippen molar-refractivity contribution in [1.29, 1.82) is 0 Å². The minimum Gasteiger partial charge on any atom is -0.453 e. The number of ether oxygens (including phenoxy) is 1. The standard InChI is InChI=1S/C25H32N6O3/c1-15-12-26-21(29-15)22(32)30-20-6-5-17(11-19(20)16-7-9-25(2,3)10-8-16)18-13-27-23(28-14-18)31-24(33)34-4/h5-7,11-12,18H,8-10,13-14H2,1-4H3,(H,26,29)(H,30,32)(H2,27,28,31,33). The van der Waals surface area contributed by atoms with Gasteiger partial charge in [-0.25, -0.2) is 9.78 Å². The normalized spacial score (nSPS) is 19.4. The predicted octanol–water partition coefficient (Wildman–Crippen LogP) is 3.96. The number of benzene rings is 1. The minimum absolute atomic E-state index is 0.139. The van der Waals surface area contributed by atoms with Crippen molar-refractivity contribution >= 4 is 29.2 Å². The highest BCUT2D eigenvalue weighted by atomic mass is 16.5. The molecule has 2 aliphatic rings. The molecule has 1 aromatic carbocycles. The van der Waals surface area contributed by atoms with Crippen LogP contribution in [0.5, 0.6) is 0 Å². The molecule has 0 saturated carbocycles. The third kappa shape index (κ3) is 5.47. The highest BCUT2D eigenvalue weighted by molar-refractivity contribution is 6.03. The molecule has 2 heterocycles. The van der Waals surface area contributed by atoms with Crippen molar-refractivity contribution in [2.24, 2.45) is 10.4 Å². The summed E-state index contributed by atoms with van der Waals surface area (Å²) in [6.45, 7) is 7.60. The van der Waals surface area contributed by atoms with E-state index in [1.165, 1.54) is 12.7 Å². The molecule has 180 valence electrons. The lowest BCUT2D eigenvalue weighted by atomic mass is 9.76. The van der Waals surface area contributed by atoms with Crippen LogP contribution in [0.4, 0.5) is 10.5 Å². The molecule has 1 aliphatic heterocycles. The molecule has 0 spiro atoms. The van der Waals surface area contributed by atoms with Crippen molar-refractivity contribution in [1.82, 2.24) is 20.6 Å². The molecular formula is C25H32N6O3. The third-order valence-corrected chi connectivity index (χ3v) is 6.39. The van der Waals surface area contributed by atoms with E-state index in [0.29, 0.717) is 24.9 Å². The lowest BCUT2D eigenvalue weighted by molar-refractivity contribution is 0.101. The molecule has 0 radical (unpaired) electrons. The Morgan fingerprint density at radius 2 is 2.06 bits per heavy atom. The van der Waals surface area contributed by atoms with Crippen molar-refractivity contribution in [3.05, 3.63) is 53.1 Å². The van der Waals surface area contributed by atoms with Crippen LogP contribution in [0.15, 0.2) is 35.5 Å². The summed E-state index contributed by atoms with van der Waals surface area (Å²) in [4.78, 5) is 35.8. The van der Waals surface area contributed by atoms with Gasteiger partial charge in [0, 0.05) is 35.6 Å². The summed E-state index contributed by atoms with van der Waals surface area (Å²) in [5, 5.41) is 8.77. The quantitative estimate of drug-likeness (QED) is 0.546. The first-order valence-electron chi connectivity index (χ1n) is 11.5. The summed E-state index contributed by atoms with van der Waals surface area (Å²) in [5.74, 6) is 0.585. The van der Waals surface area contributed by atoms with E-state index in [-0.39, 0.29) is 17.2 Å². The van der Waals surface area contributed by atoms with Crippen molar-refractivity contribution in [2.75, 3.05) is 25.5 Å². The highest BCUT2D eigenvalue weighted by Gasteiger charge is 2.25. The number of hydrogen-bond acceptors (Lipinski definition) is 6. The van der Waals surface area contributed by atoms with E-state index in [1.807, 2.05) is 19.1 Å². The zero-order valence-corrected chi connectivity index (χ0v) is 20.1. The molecule has 1 unspecified atom stereocenters. The zero-order chi connectivity index (χ0) is 24.3. The van der Waals surface area contributed by atoms with E-state index in [0.717, 1.165) is 41.8 Å². The van der Waals surface area contributed by atoms with Crippen molar-refractivity contribution in [2.45, 2.75) is 46.0 Å². The lowest BCUT2D eigenvalue weighted by Gasteiger charge is -2.30. The first kappa shape index (κ1) is 23.5. The maximum atomic E-state index is 12.8. The maximum absolute atomic E-state index is 12.8. The Balaban J connectivity index is 1.59. The average Bonchev–Trinajstić information content (AvgIpc) is 3.26. The number of H-pyrrole nitrogens is 1.